The highest BCUT2D eigenvalue weighted by molar-refractivity contribution is 6.34. The first-order chi connectivity index (χ1) is 11.6. The average molecular weight is 363 g/mol. The first-order valence-electron chi connectivity index (χ1n) is 8.07. The Labute approximate surface area is 151 Å². The van der Waals surface area contributed by atoms with Gasteiger partial charge in [-0.1, -0.05) is 38.3 Å². The Kier molecular flexibility index (Phi) is 3.79. The molecule has 1 aromatic rings. The number of halogens is 2. The molecule has 0 heterocycles. The van der Waals surface area contributed by atoms with E-state index in [1.165, 1.54) is 17.1 Å². The predicted octanol–water partition coefficient (Wildman–Crippen LogP) is 3.20. The highest BCUT2D eigenvalue weighted by Gasteiger charge is 2.87. The number of carbonyl (C=O) groups excluding carboxylic acids is 2. The Hall–Kier alpha value is -1.90. The molecule has 0 saturated heterocycles. The highest BCUT2D eigenvalue weighted by Crippen LogP contribution is 2.84. The van der Waals surface area contributed by atoms with Crippen LogP contribution in [0.5, 0.6) is 0 Å². The van der Waals surface area contributed by atoms with Gasteiger partial charge in [0.15, 0.2) is 5.78 Å². The zero-order valence-electron chi connectivity index (χ0n) is 14.6. The van der Waals surface area contributed by atoms with E-state index in [9.17, 15) is 14.0 Å². The van der Waals surface area contributed by atoms with Gasteiger partial charge in [-0.3, -0.25) is 9.59 Å². The van der Waals surface area contributed by atoms with Crippen LogP contribution in [0.15, 0.2) is 18.2 Å². The smallest absolute Gasteiger partial charge is 0.252 e. The number of anilines is 1. The molecule has 3 atom stereocenters. The molecule has 3 rings (SSSR count). The quantitative estimate of drug-likeness (QED) is 0.510. The number of hydrogen-bond acceptors (Lipinski definition) is 3. The van der Waals surface area contributed by atoms with E-state index in [2.05, 4.69) is 11.3 Å². The van der Waals surface area contributed by atoms with Crippen LogP contribution in [0.3, 0.4) is 0 Å². The van der Waals surface area contributed by atoms with E-state index in [0.717, 1.165) is 6.07 Å². The number of amides is 1. The van der Waals surface area contributed by atoms with Gasteiger partial charge < -0.3 is 0 Å². The number of carbonyl (C=O) groups is 2. The molecular formula is C19H20ClFN2O2. The number of rotatable bonds is 3. The van der Waals surface area contributed by atoms with E-state index in [4.69, 9.17) is 18.0 Å². The molecule has 2 saturated carbocycles. The summed E-state index contributed by atoms with van der Waals surface area (Å²) < 4.78 is 13.3. The van der Waals surface area contributed by atoms with Crippen molar-refractivity contribution in [1.29, 1.82) is 0 Å². The van der Waals surface area contributed by atoms with Crippen molar-refractivity contribution >= 4 is 29.0 Å². The van der Waals surface area contributed by atoms with Crippen LogP contribution in [0.1, 0.15) is 27.2 Å². The van der Waals surface area contributed by atoms with Crippen molar-refractivity contribution in [1.82, 2.24) is 5.43 Å². The summed E-state index contributed by atoms with van der Waals surface area (Å²) in [4.78, 5) is 26.0. The van der Waals surface area contributed by atoms with Gasteiger partial charge in [-0.25, -0.2) is 14.8 Å². The van der Waals surface area contributed by atoms with Crippen molar-refractivity contribution in [3.8, 4) is 12.3 Å². The van der Waals surface area contributed by atoms with Crippen LogP contribution >= 0.6 is 11.6 Å². The Balaban J connectivity index is 1.94. The van der Waals surface area contributed by atoms with Crippen molar-refractivity contribution in [2.75, 3.05) is 12.1 Å². The molecule has 2 unspecified atom stereocenters. The molecule has 1 N–H and O–H groups in total. The number of terminal acetylenes is 1. The molecule has 25 heavy (non-hydrogen) atoms. The van der Waals surface area contributed by atoms with E-state index < -0.39 is 28.5 Å². The zero-order chi connectivity index (χ0) is 18.8. The van der Waals surface area contributed by atoms with E-state index >= 15 is 0 Å². The van der Waals surface area contributed by atoms with E-state index in [0.29, 0.717) is 12.1 Å². The fourth-order valence-corrected chi connectivity index (χ4v) is 4.92. The lowest BCUT2D eigenvalue weighted by molar-refractivity contribution is -0.135. The van der Waals surface area contributed by atoms with Gasteiger partial charge in [0.1, 0.15) is 11.7 Å². The Morgan fingerprint density at radius 3 is 2.56 bits per heavy atom. The van der Waals surface area contributed by atoms with Crippen molar-refractivity contribution in [2.45, 2.75) is 27.2 Å². The topological polar surface area (TPSA) is 49.4 Å². The molecule has 1 amide bonds. The number of nitrogens with one attached hydrogen (secondary N) is 1. The molecular weight excluding hydrogens is 343 g/mol. The molecule has 0 aromatic heterocycles. The van der Waals surface area contributed by atoms with Crippen LogP contribution in [-0.4, -0.2) is 18.7 Å². The Bertz CT molecular complexity index is 831. The standard InChI is InChI=1S/C19H20ClFN2O2/c1-6-19-10-12(15(24)18(19,4)17(19,2)3)16(25)23(22-5)14-8-7-11(21)9-13(14)20/h1,7-9,12,22H,10H2,2-5H3/t12?,18-,19?/m1/s1. The summed E-state index contributed by atoms with van der Waals surface area (Å²) in [5, 5.41) is 1.27. The summed E-state index contributed by atoms with van der Waals surface area (Å²) in [6.45, 7) is 5.79. The normalized spacial score (nSPS) is 32.0. The fraction of sp³-hybridized carbons (Fsp3) is 0.474. The molecule has 132 valence electrons. The largest absolute Gasteiger partial charge is 0.298 e. The zero-order valence-corrected chi connectivity index (χ0v) is 15.4. The van der Waals surface area contributed by atoms with Gasteiger partial charge in [-0.15, -0.1) is 6.42 Å². The molecule has 2 aliphatic carbocycles. The second-order valence-corrected chi connectivity index (χ2v) is 7.82. The number of Topliss-reactive ketones (excluding diaryl/α,β-unsaturated/α-hetero) is 1. The molecule has 0 spiro atoms. The number of hydrogen-bond donors (Lipinski definition) is 1. The van der Waals surface area contributed by atoms with E-state index in [-0.39, 0.29) is 16.2 Å². The maximum atomic E-state index is 13.3. The van der Waals surface area contributed by atoms with Gasteiger partial charge in [0, 0.05) is 7.05 Å². The second-order valence-electron chi connectivity index (χ2n) is 7.41. The summed E-state index contributed by atoms with van der Waals surface area (Å²) in [6.07, 6.45) is 6.06. The maximum absolute atomic E-state index is 13.3. The lowest BCUT2D eigenvalue weighted by Gasteiger charge is -2.27. The molecule has 1 aromatic carbocycles. The van der Waals surface area contributed by atoms with Gasteiger partial charge in [0.25, 0.3) is 5.91 Å². The molecule has 2 aliphatic rings. The van der Waals surface area contributed by atoms with Gasteiger partial charge in [-0.05, 0) is 30.0 Å². The summed E-state index contributed by atoms with van der Waals surface area (Å²) >= 11 is 6.06. The average Bonchev–Trinajstić information content (AvgIpc) is 2.79. The third-order valence-electron chi connectivity index (χ3n) is 6.57. The van der Waals surface area contributed by atoms with Crippen LogP contribution in [0.25, 0.3) is 0 Å². The number of hydrazine groups is 1. The third-order valence-corrected chi connectivity index (χ3v) is 6.87. The van der Waals surface area contributed by atoms with Crippen molar-refractivity contribution in [2.24, 2.45) is 22.2 Å². The number of nitrogens with zero attached hydrogens (tertiary/aromatic N) is 1. The first-order valence-corrected chi connectivity index (χ1v) is 8.45. The van der Waals surface area contributed by atoms with Crippen molar-refractivity contribution in [3.63, 3.8) is 0 Å². The Morgan fingerprint density at radius 1 is 1.44 bits per heavy atom. The van der Waals surface area contributed by atoms with Gasteiger partial charge in [-0.2, -0.15) is 0 Å². The minimum atomic E-state index is -0.845. The summed E-state index contributed by atoms with van der Waals surface area (Å²) in [5.41, 5.74) is 1.39. The van der Waals surface area contributed by atoms with Crippen molar-refractivity contribution < 1.29 is 14.0 Å². The molecule has 0 bridgehead atoms. The summed E-state index contributed by atoms with van der Waals surface area (Å²) in [7, 11) is 1.54. The molecule has 6 heteroatoms. The van der Waals surface area contributed by atoms with E-state index in [1.54, 1.807) is 7.05 Å². The van der Waals surface area contributed by atoms with Gasteiger partial charge in [0.05, 0.1) is 21.5 Å². The molecule has 4 nitrogen and oxygen atoms in total. The van der Waals surface area contributed by atoms with Crippen LogP contribution in [0, 0.1) is 40.3 Å². The lowest BCUT2D eigenvalue weighted by atomic mass is 9.83. The van der Waals surface area contributed by atoms with Crippen molar-refractivity contribution in [3.05, 3.63) is 29.0 Å². The molecule has 2 fully saturated rings. The lowest BCUT2D eigenvalue weighted by Crippen LogP contribution is -2.47. The number of benzene rings is 1. The Morgan fingerprint density at radius 2 is 2.08 bits per heavy atom. The monoisotopic (exact) mass is 362 g/mol. The highest BCUT2D eigenvalue weighted by atomic mass is 35.5. The van der Waals surface area contributed by atoms with Crippen LogP contribution in [0.4, 0.5) is 10.1 Å². The third kappa shape index (κ3) is 1.93. The minimum absolute atomic E-state index is 0.0801. The minimum Gasteiger partial charge on any atom is -0.298 e. The first kappa shape index (κ1) is 17.9. The predicted molar refractivity (Wildman–Crippen MR) is 94.2 cm³/mol. The second kappa shape index (κ2) is 5.30. The maximum Gasteiger partial charge on any atom is 0.252 e. The summed E-state index contributed by atoms with van der Waals surface area (Å²) in [6, 6.07) is 3.73. The van der Waals surface area contributed by atoms with Crippen LogP contribution in [-0.2, 0) is 9.59 Å². The van der Waals surface area contributed by atoms with Crippen LogP contribution in [0.2, 0.25) is 5.02 Å². The van der Waals surface area contributed by atoms with E-state index in [1.807, 2.05) is 20.8 Å². The molecule has 0 radical (unpaired) electrons. The number of fused-ring (bicyclic) bond motifs is 1. The summed E-state index contributed by atoms with van der Waals surface area (Å²) in [5.74, 6) is 0.869. The molecule has 0 aliphatic heterocycles. The van der Waals surface area contributed by atoms with Gasteiger partial charge in [0.2, 0.25) is 0 Å². The van der Waals surface area contributed by atoms with Gasteiger partial charge >= 0.3 is 0 Å². The van der Waals surface area contributed by atoms with Crippen LogP contribution < -0.4 is 10.4 Å². The fourth-order valence-electron chi connectivity index (χ4n) is 4.67. The SMILES string of the molecule is C#CC12CC(C(=O)N(NC)c3ccc(F)cc3Cl)C(=O)[C@]1(C)C2(C)C. The number of ketones is 1.